The van der Waals surface area contributed by atoms with Crippen molar-refractivity contribution in [2.45, 2.75) is 24.4 Å². The van der Waals surface area contributed by atoms with Crippen LogP contribution in [0.25, 0.3) is 0 Å². The van der Waals surface area contributed by atoms with E-state index >= 15 is 0 Å². The molecule has 21 heavy (non-hydrogen) atoms. The second-order valence-electron chi connectivity index (χ2n) is 5.54. The van der Waals surface area contributed by atoms with Crippen LogP contribution in [0.5, 0.6) is 0 Å². The first kappa shape index (κ1) is 14.2. The first-order valence-electron chi connectivity index (χ1n) is 6.92. The first-order chi connectivity index (χ1) is 10.1. The minimum absolute atomic E-state index is 0.216. The molecule has 0 unspecified atom stereocenters. The van der Waals surface area contributed by atoms with Crippen molar-refractivity contribution in [3.05, 3.63) is 23.9 Å². The van der Waals surface area contributed by atoms with Crippen LogP contribution in [-0.2, 0) is 9.47 Å². The summed E-state index contributed by atoms with van der Waals surface area (Å²) < 4.78 is 11.0. The van der Waals surface area contributed by atoms with Crippen LogP contribution in [0.2, 0.25) is 0 Å². The number of amides is 1. The van der Waals surface area contributed by atoms with E-state index in [1.165, 1.54) is 0 Å². The van der Waals surface area contributed by atoms with E-state index < -0.39 is 6.10 Å². The molecule has 0 saturated carbocycles. The third-order valence-corrected chi connectivity index (χ3v) is 3.81. The van der Waals surface area contributed by atoms with Gasteiger partial charge in [0.25, 0.3) is 5.91 Å². The van der Waals surface area contributed by atoms with Crippen molar-refractivity contribution in [3.8, 4) is 0 Å². The average molecular weight is 293 g/mol. The van der Waals surface area contributed by atoms with E-state index in [4.69, 9.17) is 9.47 Å². The van der Waals surface area contributed by atoms with Gasteiger partial charge >= 0.3 is 0 Å². The number of aliphatic hydroxyl groups excluding tert-OH is 1. The number of nitrogens with zero attached hydrogens (tertiary/aromatic N) is 2. The number of hydrogen-bond donors (Lipinski definition) is 2. The van der Waals surface area contributed by atoms with Crippen molar-refractivity contribution in [1.29, 1.82) is 0 Å². The summed E-state index contributed by atoms with van der Waals surface area (Å²) in [6.07, 6.45) is 0.308. The van der Waals surface area contributed by atoms with Gasteiger partial charge in [0.05, 0.1) is 24.8 Å². The van der Waals surface area contributed by atoms with E-state index in [0.717, 1.165) is 5.82 Å². The van der Waals surface area contributed by atoms with Gasteiger partial charge in [-0.3, -0.25) is 4.79 Å². The minimum atomic E-state index is -0.613. The van der Waals surface area contributed by atoms with Gasteiger partial charge < -0.3 is 24.8 Å². The Labute approximate surface area is 122 Å². The van der Waals surface area contributed by atoms with Crippen LogP contribution in [0, 0.1) is 0 Å². The molecule has 0 aliphatic carbocycles. The normalized spacial score (nSPS) is 31.0. The van der Waals surface area contributed by atoms with Gasteiger partial charge in [-0.15, -0.1) is 0 Å². The number of aromatic nitrogens is 1. The molecule has 114 valence electrons. The van der Waals surface area contributed by atoms with Gasteiger partial charge in [-0.05, 0) is 12.1 Å². The van der Waals surface area contributed by atoms with Crippen LogP contribution < -0.4 is 10.2 Å². The van der Waals surface area contributed by atoms with Gasteiger partial charge in [0.15, 0.2) is 0 Å². The number of fused-ring (bicyclic) bond motifs is 1. The number of hydrogen-bond acceptors (Lipinski definition) is 6. The molecule has 7 nitrogen and oxygen atoms in total. The maximum Gasteiger partial charge on any atom is 0.253 e. The van der Waals surface area contributed by atoms with Crippen molar-refractivity contribution in [2.75, 3.05) is 32.2 Å². The molecule has 0 radical (unpaired) electrons. The van der Waals surface area contributed by atoms with Gasteiger partial charge in [0.1, 0.15) is 24.1 Å². The molecule has 0 bridgehead atoms. The Balaban J connectivity index is 1.64. The Morgan fingerprint density at radius 1 is 1.33 bits per heavy atom. The molecule has 2 aliphatic rings. The monoisotopic (exact) mass is 293 g/mol. The smallest absolute Gasteiger partial charge is 0.253 e. The van der Waals surface area contributed by atoms with Crippen molar-refractivity contribution >= 4 is 11.7 Å². The summed E-state index contributed by atoms with van der Waals surface area (Å²) in [6, 6.07) is 3.28. The zero-order chi connectivity index (χ0) is 15.0. The van der Waals surface area contributed by atoms with Crippen LogP contribution in [0.4, 0.5) is 5.82 Å². The molecule has 1 aromatic rings. The molecule has 2 aliphatic heterocycles. The third kappa shape index (κ3) is 2.72. The van der Waals surface area contributed by atoms with Crippen LogP contribution >= 0.6 is 0 Å². The molecule has 7 heteroatoms. The molecule has 1 aromatic heterocycles. The Kier molecular flexibility index (Phi) is 3.79. The number of carbonyl (C=O) groups excluding carboxylic acids is 1. The lowest BCUT2D eigenvalue weighted by molar-refractivity contribution is 0.0178. The molecule has 3 heterocycles. The molecule has 4 atom stereocenters. The fourth-order valence-electron chi connectivity index (χ4n) is 2.64. The Morgan fingerprint density at radius 2 is 2.10 bits per heavy atom. The zero-order valence-corrected chi connectivity index (χ0v) is 12.0. The highest BCUT2D eigenvalue weighted by atomic mass is 16.6. The number of ether oxygens (including phenoxy) is 2. The van der Waals surface area contributed by atoms with Crippen molar-refractivity contribution in [2.24, 2.45) is 0 Å². The summed E-state index contributed by atoms with van der Waals surface area (Å²) in [5.41, 5.74) is 0.489. The van der Waals surface area contributed by atoms with E-state index in [9.17, 15) is 9.90 Å². The Bertz CT molecular complexity index is 519. The lowest BCUT2D eigenvalue weighted by Gasteiger charge is -2.17. The maximum atomic E-state index is 12.2. The van der Waals surface area contributed by atoms with Crippen LogP contribution in [0.15, 0.2) is 18.3 Å². The van der Waals surface area contributed by atoms with Gasteiger partial charge in [0, 0.05) is 20.3 Å². The number of aliphatic hydroxyl groups is 1. The average Bonchev–Trinajstić information content (AvgIpc) is 3.03. The van der Waals surface area contributed by atoms with E-state index in [0.29, 0.717) is 12.2 Å². The van der Waals surface area contributed by atoms with Gasteiger partial charge in [-0.1, -0.05) is 0 Å². The standard InChI is InChI=1S/C14H19N3O4/c1-17(2)11-4-3-8(5-15-11)14(19)16-9-6-20-13-10(18)7-21-12(9)13/h3-5,9-10,12-13,18H,6-7H2,1-2H3,(H,16,19)/t9-,10-,12-,13-/m1/s1. The molecule has 0 aromatic carbocycles. The molecule has 3 rings (SSSR count). The number of rotatable bonds is 3. The molecular formula is C14H19N3O4. The van der Waals surface area contributed by atoms with E-state index in [1.54, 1.807) is 18.3 Å². The highest BCUT2D eigenvalue weighted by Crippen LogP contribution is 2.27. The summed E-state index contributed by atoms with van der Waals surface area (Å²) in [7, 11) is 3.78. The lowest BCUT2D eigenvalue weighted by Crippen LogP contribution is -2.44. The topological polar surface area (TPSA) is 83.9 Å². The lowest BCUT2D eigenvalue weighted by atomic mass is 10.1. The predicted octanol–water partition coefficient (Wildman–Crippen LogP) is -0.595. The highest BCUT2D eigenvalue weighted by Gasteiger charge is 2.47. The molecule has 1 amide bonds. The van der Waals surface area contributed by atoms with E-state index in [1.807, 2.05) is 19.0 Å². The zero-order valence-electron chi connectivity index (χ0n) is 12.0. The Hall–Kier alpha value is -1.70. The van der Waals surface area contributed by atoms with Gasteiger partial charge in [-0.2, -0.15) is 0 Å². The second kappa shape index (κ2) is 5.59. The molecule has 0 spiro atoms. The van der Waals surface area contributed by atoms with Gasteiger partial charge in [-0.25, -0.2) is 4.98 Å². The molecule has 2 saturated heterocycles. The second-order valence-corrected chi connectivity index (χ2v) is 5.54. The Morgan fingerprint density at radius 3 is 2.76 bits per heavy atom. The van der Waals surface area contributed by atoms with E-state index in [-0.39, 0.29) is 30.8 Å². The summed E-state index contributed by atoms with van der Waals surface area (Å²) in [5.74, 6) is 0.574. The maximum absolute atomic E-state index is 12.2. The van der Waals surface area contributed by atoms with Crippen LogP contribution in [0.1, 0.15) is 10.4 Å². The van der Waals surface area contributed by atoms with Crippen molar-refractivity contribution in [3.63, 3.8) is 0 Å². The minimum Gasteiger partial charge on any atom is -0.388 e. The summed E-state index contributed by atoms with van der Waals surface area (Å²) in [6.45, 7) is 0.599. The quantitative estimate of drug-likeness (QED) is 0.774. The molecule has 2 fully saturated rings. The third-order valence-electron chi connectivity index (χ3n) is 3.81. The van der Waals surface area contributed by atoms with Crippen molar-refractivity contribution in [1.82, 2.24) is 10.3 Å². The van der Waals surface area contributed by atoms with E-state index in [2.05, 4.69) is 10.3 Å². The number of carbonyl (C=O) groups is 1. The number of anilines is 1. The summed E-state index contributed by atoms with van der Waals surface area (Å²) in [5, 5.41) is 12.6. The SMILES string of the molecule is CN(C)c1ccc(C(=O)N[C@@H]2CO[C@H]3[C@@H]2OC[C@H]3O)cn1. The van der Waals surface area contributed by atoms with Gasteiger partial charge in [0.2, 0.25) is 0 Å². The fraction of sp³-hybridized carbons (Fsp3) is 0.571. The summed E-state index contributed by atoms with van der Waals surface area (Å²) in [4.78, 5) is 18.3. The number of pyridine rings is 1. The molecular weight excluding hydrogens is 274 g/mol. The van der Waals surface area contributed by atoms with Crippen LogP contribution in [0.3, 0.4) is 0 Å². The fourth-order valence-corrected chi connectivity index (χ4v) is 2.64. The largest absolute Gasteiger partial charge is 0.388 e. The predicted molar refractivity (Wildman–Crippen MR) is 75.3 cm³/mol. The molecule has 2 N–H and O–H groups in total. The first-order valence-corrected chi connectivity index (χ1v) is 6.92. The van der Waals surface area contributed by atoms with Crippen molar-refractivity contribution < 1.29 is 19.4 Å². The highest BCUT2D eigenvalue weighted by molar-refractivity contribution is 5.94. The van der Waals surface area contributed by atoms with Crippen LogP contribution in [-0.4, -0.2) is 67.7 Å². The summed E-state index contributed by atoms with van der Waals surface area (Å²) >= 11 is 0. The number of nitrogens with one attached hydrogen (secondary N) is 1.